The van der Waals surface area contributed by atoms with Gasteiger partial charge in [0.15, 0.2) is 0 Å². The molecule has 0 saturated heterocycles. The fourth-order valence-electron chi connectivity index (χ4n) is 1.76. The predicted molar refractivity (Wildman–Crippen MR) is 74.4 cm³/mol. The minimum Gasteiger partial charge on any atom is -0.243 e. The minimum atomic E-state index is -3.87. The molecule has 0 aliphatic heterocycles. The Balaban J connectivity index is 2.30. The van der Waals surface area contributed by atoms with Crippen LogP contribution in [0.5, 0.6) is 0 Å². The van der Waals surface area contributed by atoms with Gasteiger partial charge in [-0.2, -0.15) is 0 Å². The molecular weight excluding hydrogens is 303 g/mol. The van der Waals surface area contributed by atoms with Crippen LogP contribution in [0, 0.1) is 5.82 Å². The molecule has 7 heteroatoms. The zero-order chi connectivity index (χ0) is 14.8. The Bertz CT molecular complexity index is 722. The summed E-state index contributed by atoms with van der Waals surface area (Å²) in [6, 6.07) is 8.06. The molecule has 106 valence electrons. The van der Waals surface area contributed by atoms with Gasteiger partial charge in [0.2, 0.25) is 10.0 Å². The zero-order valence-electron chi connectivity index (χ0n) is 10.5. The van der Waals surface area contributed by atoms with Gasteiger partial charge < -0.3 is 0 Å². The molecule has 0 aliphatic rings. The van der Waals surface area contributed by atoms with Crippen LogP contribution in [0.25, 0.3) is 0 Å². The van der Waals surface area contributed by atoms with Crippen molar-refractivity contribution in [2.45, 2.75) is 17.9 Å². The largest absolute Gasteiger partial charge is 0.244 e. The molecule has 0 radical (unpaired) electrons. The van der Waals surface area contributed by atoms with Crippen molar-refractivity contribution < 1.29 is 12.8 Å². The average molecular weight is 315 g/mol. The molecule has 4 nitrogen and oxygen atoms in total. The summed E-state index contributed by atoms with van der Waals surface area (Å²) in [5.41, 5.74) is 0.260. The minimum absolute atomic E-state index is 0.124. The van der Waals surface area contributed by atoms with E-state index in [1.807, 2.05) is 0 Å². The van der Waals surface area contributed by atoms with E-state index in [2.05, 4.69) is 9.71 Å². The summed E-state index contributed by atoms with van der Waals surface area (Å²) in [6.45, 7) is 1.56. The third kappa shape index (κ3) is 3.15. The Hall–Kier alpha value is -1.50. The normalized spacial score (nSPS) is 13.2. The quantitative estimate of drug-likeness (QED) is 0.883. The van der Waals surface area contributed by atoms with Crippen LogP contribution in [-0.2, 0) is 10.0 Å². The summed E-state index contributed by atoms with van der Waals surface area (Å²) in [5.74, 6) is -0.472. The second-order valence-corrected chi connectivity index (χ2v) is 6.20. The SMILES string of the molecule is CC(NS(=O)(=O)c1cccnc1Cl)c1ccccc1F. The van der Waals surface area contributed by atoms with Crippen LogP contribution in [0.4, 0.5) is 4.39 Å². The summed E-state index contributed by atoms with van der Waals surface area (Å²) in [4.78, 5) is 3.58. The Labute approximate surface area is 121 Å². The summed E-state index contributed by atoms with van der Waals surface area (Å²) < 4.78 is 40.4. The molecule has 0 amide bonds. The van der Waals surface area contributed by atoms with Gasteiger partial charge in [-0.3, -0.25) is 0 Å². The predicted octanol–water partition coefficient (Wildman–Crippen LogP) is 2.91. The standard InChI is InChI=1S/C13H12ClFN2O2S/c1-9(10-5-2-3-6-11(10)15)17-20(18,19)12-7-4-8-16-13(12)14/h2-9,17H,1H3. The molecule has 0 aliphatic carbocycles. The van der Waals surface area contributed by atoms with Crippen LogP contribution in [0.15, 0.2) is 47.5 Å². The summed E-state index contributed by atoms with van der Waals surface area (Å²) >= 11 is 5.77. The number of rotatable bonds is 4. The van der Waals surface area contributed by atoms with Gasteiger partial charge in [0, 0.05) is 17.8 Å². The molecule has 0 bridgehead atoms. The van der Waals surface area contributed by atoms with Crippen molar-refractivity contribution in [2.75, 3.05) is 0 Å². The van der Waals surface area contributed by atoms with Crippen LogP contribution < -0.4 is 4.72 Å². The first-order valence-corrected chi connectivity index (χ1v) is 7.65. The van der Waals surface area contributed by atoms with Crippen molar-refractivity contribution in [3.63, 3.8) is 0 Å². The van der Waals surface area contributed by atoms with Crippen molar-refractivity contribution in [2.24, 2.45) is 0 Å². The summed E-state index contributed by atoms with van der Waals surface area (Å²) in [5, 5.41) is -0.124. The van der Waals surface area contributed by atoms with Crippen molar-refractivity contribution >= 4 is 21.6 Å². The number of nitrogens with one attached hydrogen (secondary N) is 1. The lowest BCUT2D eigenvalue weighted by Gasteiger charge is -2.15. The van der Waals surface area contributed by atoms with E-state index in [0.29, 0.717) is 0 Å². The van der Waals surface area contributed by atoms with Gasteiger partial charge in [-0.15, -0.1) is 0 Å². The average Bonchev–Trinajstić information content (AvgIpc) is 2.38. The van der Waals surface area contributed by atoms with E-state index >= 15 is 0 Å². The van der Waals surface area contributed by atoms with Crippen molar-refractivity contribution in [1.82, 2.24) is 9.71 Å². The van der Waals surface area contributed by atoms with E-state index in [9.17, 15) is 12.8 Å². The molecule has 0 spiro atoms. The molecule has 20 heavy (non-hydrogen) atoms. The van der Waals surface area contributed by atoms with Crippen molar-refractivity contribution in [3.8, 4) is 0 Å². The number of pyridine rings is 1. The van der Waals surface area contributed by atoms with Gasteiger partial charge in [0.25, 0.3) is 0 Å². The van der Waals surface area contributed by atoms with Gasteiger partial charge in [-0.1, -0.05) is 29.8 Å². The second kappa shape index (κ2) is 5.87. The van der Waals surface area contributed by atoms with Crippen molar-refractivity contribution in [3.05, 3.63) is 59.1 Å². The highest BCUT2D eigenvalue weighted by Crippen LogP contribution is 2.22. The molecule has 1 N–H and O–H groups in total. The fraction of sp³-hybridized carbons (Fsp3) is 0.154. The maximum atomic E-state index is 13.6. The maximum Gasteiger partial charge on any atom is 0.244 e. The molecule has 2 rings (SSSR count). The first-order chi connectivity index (χ1) is 9.42. The van der Waals surface area contributed by atoms with Gasteiger partial charge in [-0.25, -0.2) is 22.5 Å². The molecule has 1 heterocycles. The van der Waals surface area contributed by atoms with E-state index in [-0.39, 0.29) is 15.6 Å². The van der Waals surface area contributed by atoms with E-state index in [1.54, 1.807) is 13.0 Å². The zero-order valence-corrected chi connectivity index (χ0v) is 12.1. The lowest BCUT2D eigenvalue weighted by Crippen LogP contribution is -2.27. The third-order valence-electron chi connectivity index (χ3n) is 2.72. The second-order valence-electron chi connectivity index (χ2n) is 4.16. The smallest absolute Gasteiger partial charge is 0.243 e. The van der Waals surface area contributed by atoms with Crippen LogP contribution >= 0.6 is 11.6 Å². The Morgan fingerprint density at radius 2 is 1.95 bits per heavy atom. The molecule has 1 aromatic carbocycles. The highest BCUT2D eigenvalue weighted by molar-refractivity contribution is 7.89. The number of hydrogen-bond acceptors (Lipinski definition) is 3. The Kier molecular flexibility index (Phi) is 4.37. The van der Waals surface area contributed by atoms with E-state index in [4.69, 9.17) is 11.6 Å². The van der Waals surface area contributed by atoms with Crippen LogP contribution in [0.3, 0.4) is 0 Å². The van der Waals surface area contributed by atoms with E-state index < -0.39 is 21.9 Å². The molecule has 1 aromatic heterocycles. The molecule has 0 saturated carbocycles. The monoisotopic (exact) mass is 314 g/mol. The molecule has 1 atom stereocenters. The Morgan fingerprint density at radius 1 is 1.25 bits per heavy atom. The van der Waals surface area contributed by atoms with E-state index in [1.165, 1.54) is 36.5 Å². The van der Waals surface area contributed by atoms with E-state index in [0.717, 1.165) is 0 Å². The molecule has 0 fully saturated rings. The number of benzene rings is 1. The van der Waals surface area contributed by atoms with Crippen LogP contribution in [-0.4, -0.2) is 13.4 Å². The lowest BCUT2D eigenvalue weighted by atomic mass is 10.1. The van der Waals surface area contributed by atoms with Gasteiger partial charge in [0.05, 0.1) is 0 Å². The first-order valence-electron chi connectivity index (χ1n) is 5.79. The number of hydrogen-bond donors (Lipinski definition) is 1. The molecular formula is C13H12ClFN2O2S. The number of halogens is 2. The lowest BCUT2D eigenvalue weighted by molar-refractivity contribution is 0.550. The highest BCUT2D eigenvalue weighted by atomic mass is 35.5. The van der Waals surface area contributed by atoms with Crippen molar-refractivity contribution in [1.29, 1.82) is 0 Å². The number of nitrogens with zero attached hydrogens (tertiary/aromatic N) is 1. The summed E-state index contributed by atoms with van der Waals surface area (Å²) in [7, 11) is -3.87. The highest BCUT2D eigenvalue weighted by Gasteiger charge is 2.22. The maximum absolute atomic E-state index is 13.6. The van der Waals surface area contributed by atoms with Crippen LogP contribution in [0.1, 0.15) is 18.5 Å². The third-order valence-corrected chi connectivity index (χ3v) is 4.70. The van der Waals surface area contributed by atoms with Gasteiger partial charge in [-0.05, 0) is 25.1 Å². The van der Waals surface area contributed by atoms with Crippen LogP contribution in [0.2, 0.25) is 5.15 Å². The fourth-order valence-corrected chi connectivity index (χ4v) is 3.43. The Morgan fingerprint density at radius 3 is 2.60 bits per heavy atom. The van der Waals surface area contributed by atoms with Gasteiger partial charge in [0.1, 0.15) is 15.9 Å². The first kappa shape index (κ1) is 14.9. The number of aromatic nitrogens is 1. The number of sulfonamides is 1. The summed E-state index contributed by atoms with van der Waals surface area (Å²) in [6.07, 6.45) is 1.39. The molecule has 1 unspecified atom stereocenters. The van der Waals surface area contributed by atoms with Gasteiger partial charge >= 0.3 is 0 Å². The topological polar surface area (TPSA) is 59.1 Å². The molecule has 2 aromatic rings.